The molecule has 0 fully saturated rings. The van der Waals surface area contributed by atoms with Gasteiger partial charge in [-0.15, -0.1) is 0 Å². The number of rotatable bonds is 5. The summed E-state index contributed by atoms with van der Waals surface area (Å²) >= 11 is 5.91. The van der Waals surface area contributed by atoms with E-state index in [1.165, 1.54) is 16.8 Å². The minimum atomic E-state index is -0.578. The molecular weight excluding hydrogens is 334 g/mol. The lowest BCUT2D eigenvalue weighted by atomic mass is 10.2. The van der Waals surface area contributed by atoms with Crippen molar-refractivity contribution < 1.29 is 14.1 Å². The molecule has 0 radical (unpaired) electrons. The normalized spacial score (nSPS) is 10.5. The number of hydrogen-bond donors (Lipinski definition) is 0. The molecule has 0 saturated carbocycles. The maximum atomic E-state index is 11.8. The van der Waals surface area contributed by atoms with Crippen molar-refractivity contribution in [3.05, 3.63) is 69.9 Å². The maximum Gasteiger partial charge on any atom is 0.326 e. The van der Waals surface area contributed by atoms with Crippen LogP contribution >= 0.6 is 11.6 Å². The topological polar surface area (TPSA) is 87.2 Å². The Morgan fingerprint density at radius 2 is 2.12 bits per heavy atom. The molecule has 0 aliphatic carbocycles. The molecule has 122 valence electrons. The van der Waals surface area contributed by atoms with Gasteiger partial charge in [0.2, 0.25) is 5.82 Å². The molecule has 0 N–H and O–H groups in total. The smallest absolute Gasteiger partial charge is 0.326 e. The van der Waals surface area contributed by atoms with Crippen LogP contribution in [-0.2, 0) is 22.7 Å². The van der Waals surface area contributed by atoms with Gasteiger partial charge in [0.15, 0.2) is 6.61 Å². The van der Waals surface area contributed by atoms with Crippen LogP contribution in [0.3, 0.4) is 0 Å². The van der Waals surface area contributed by atoms with Gasteiger partial charge in [-0.2, -0.15) is 4.98 Å². The van der Waals surface area contributed by atoms with Crippen molar-refractivity contribution in [3.63, 3.8) is 0 Å². The molecule has 1 aromatic carbocycles. The number of carbonyl (C=O) groups excluding carboxylic acids is 1. The summed E-state index contributed by atoms with van der Waals surface area (Å²) in [6, 6.07) is 11.6. The van der Waals surface area contributed by atoms with E-state index in [2.05, 4.69) is 10.1 Å². The highest BCUT2D eigenvalue weighted by Crippen LogP contribution is 2.20. The van der Waals surface area contributed by atoms with Gasteiger partial charge in [-0.1, -0.05) is 35.0 Å². The van der Waals surface area contributed by atoms with E-state index in [0.717, 1.165) is 0 Å². The fraction of sp³-hybridized carbons (Fsp3) is 0.125. The molecule has 2 heterocycles. The zero-order valence-corrected chi connectivity index (χ0v) is 13.1. The second kappa shape index (κ2) is 7.10. The fourth-order valence-electron chi connectivity index (χ4n) is 1.98. The minimum Gasteiger partial charge on any atom is -0.454 e. The van der Waals surface area contributed by atoms with E-state index < -0.39 is 5.97 Å². The van der Waals surface area contributed by atoms with Gasteiger partial charge in [-0.3, -0.25) is 9.59 Å². The van der Waals surface area contributed by atoms with Crippen LogP contribution in [0, 0.1) is 0 Å². The number of halogens is 1. The van der Waals surface area contributed by atoms with Crippen molar-refractivity contribution in [2.24, 2.45) is 0 Å². The molecule has 7 nitrogen and oxygen atoms in total. The van der Waals surface area contributed by atoms with Crippen molar-refractivity contribution in [1.29, 1.82) is 0 Å². The van der Waals surface area contributed by atoms with Crippen molar-refractivity contribution in [1.82, 2.24) is 14.7 Å². The van der Waals surface area contributed by atoms with Crippen molar-refractivity contribution in [2.75, 3.05) is 0 Å². The molecule has 3 rings (SSSR count). The molecule has 24 heavy (non-hydrogen) atoms. The summed E-state index contributed by atoms with van der Waals surface area (Å²) in [5.74, 6) is -0.0765. The molecule has 0 aliphatic heterocycles. The van der Waals surface area contributed by atoms with Crippen molar-refractivity contribution in [3.8, 4) is 11.4 Å². The summed E-state index contributed by atoms with van der Waals surface area (Å²) in [6.45, 7) is -0.358. The molecule has 0 atom stereocenters. The molecular formula is C16H12ClN3O4. The van der Waals surface area contributed by atoms with E-state index in [1.807, 2.05) is 0 Å². The van der Waals surface area contributed by atoms with Gasteiger partial charge in [-0.25, -0.2) is 0 Å². The lowest BCUT2D eigenvalue weighted by Gasteiger charge is -2.04. The highest BCUT2D eigenvalue weighted by Gasteiger charge is 2.12. The average molecular weight is 346 g/mol. The predicted molar refractivity (Wildman–Crippen MR) is 85.2 cm³/mol. The van der Waals surface area contributed by atoms with Crippen LogP contribution in [0.15, 0.2) is 58.0 Å². The molecule has 2 aromatic heterocycles. The van der Waals surface area contributed by atoms with Gasteiger partial charge in [0.1, 0.15) is 6.54 Å². The van der Waals surface area contributed by atoms with Crippen LogP contribution in [0.25, 0.3) is 11.4 Å². The number of benzene rings is 1. The highest BCUT2D eigenvalue weighted by atomic mass is 35.5. The van der Waals surface area contributed by atoms with Gasteiger partial charge in [0, 0.05) is 22.8 Å². The highest BCUT2D eigenvalue weighted by molar-refractivity contribution is 6.30. The van der Waals surface area contributed by atoms with Crippen LogP contribution in [0.2, 0.25) is 5.02 Å². The fourth-order valence-corrected chi connectivity index (χ4v) is 2.17. The number of ether oxygens (including phenoxy) is 1. The van der Waals surface area contributed by atoms with Gasteiger partial charge in [0.05, 0.1) is 0 Å². The lowest BCUT2D eigenvalue weighted by molar-refractivity contribution is -0.146. The van der Waals surface area contributed by atoms with E-state index in [1.54, 1.807) is 36.4 Å². The minimum absolute atomic E-state index is 0.152. The van der Waals surface area contributed by atoms with Crippen LogP contribution in [-0.4, -0.2) is 20.7 Å². The van der Waals surface area contributed by atoms with E-state index in [4.69, 9.17) is 20.9 Å². The molecule has 0 aliphatic rings. The molecule has 0 saturated heterocycles. The van der Waals surface area contributed by atoms with Gasteiger partial charge in [0.25, 0.3) is 11.4 Å². The summed E-state index contributed by atoms with van der Waals surface area (Å²) in [6.07, 6.45) is 1.51. The standard InChI is InChI=1S/C16H12ClN3O4/c17-12-5-3-4-11(8-12)16-18-13(24-19-16)10-23-15(22)9-20-7-2-1-6-14(20)21/h1-8H,9-10H2. The first-order valence-electron chi connectivity index (χ1n) is 7.01. The summed E-state index contributed by atoms with van der Waals surface area (Å²) in [4.78, 5) is 27.4. The summed E-state index contributed by atoms with van der Waals surface area (Å²) in [5.41, 5.74) is 0.412. The number of hydrogen-bond acceptors (Lipinski definition) is 6. The Labute approximate surface area is 141 Å². The first-order chi connectivity index (χ1) is 11.6. The molecule has 8 heteroatoms. The Kier molecular flexibility index (Phi) is 4.72. The number of carbonyl (C=O) groups is 1. The number of pyridine rings is 1. The van der Waals surface area contributed by atoms with E-state index in [-0.39, 0.29) is 24.6 Å². The molecule has 0 bridgehead atoms. The molecule has 0 unspecified atom stereocenters. The van der Waals surface area contributed by atoms with Crippen LogP contribution in [0.1, 0.15) is 5.89 Å². The lowest BCUT2D eigenvalue weighted by Crippen LogP contribution is -2.23. The van der Waals surface area contributed by atoms with E-state index in [9.17, 15) is 9.59 Å². The van der Waals surface area contributed by atoms with Crippen LogP contribution in [0.5, 0.6) is 0 Å². The average Bonchev–Trinajstić information content (AvgIpc) is 3.04. The monoisotopic (exact) mass is 345 g/mol. The zero-order valence-electron chi connectivity index (χ0n) is 12.4. The van der Waals surface area contributed by atoms with Gasteiger partial charge in [-0.05, 0) is 18.2 Å². The maximum absolute atomic E-state index is 11.8. The van der Waals surface area contributed by atoms with Crippen molar-refractivity contribution in [2.45, 2.75) is 13.2 Å². The SMILES string of the molecule is O=C(Cn1ccccc1=O)OCc1nc(-c2cccc(Cl)c2)no1. The first-order valence-corrected chi connectivity index (χ1v) is 7.39. The number of aromatic nitrogens is 3. The Morgan fingerprint density at radius 3 is 2.92 bits per heavy atom. The van der Waals surface area contributed by atoms with E-state index >= 15 is 0 Å². The molecule has 3 aromatic rings. The van der Waals surface area contributed by atoms with Crippen molar-refractivity contribution >= 4 is 17.6 Å². The largest absolute Gasteiger partial charge is 0.454 e. The Balaban J connectivity index is 1.60. The Hall–Kier alpha value is -2.93. The van der Waals surface area contributed by atoms with E-state index in [0.29, 0.717) is 16.4 Å². The third-order valence-corrected chi connectivity index (χ3v) is 3.34. The summed E-state index contributed by atoms with van der Waals surface area (Å²) in [5, 5.41) is 4.37. The third kappa shape index (κ3) is 3.88. The Bertz CT molecular complexity index is 919. The number of nitrogens with zero attached hydrogens (tertiary/aromatic N) is 3. The third-order valence-electron chi connectivity index (χ3n) is 3.11. The summed E-state index contributed by atoms with van der Waals surface area (Å²) < 4.78 is 11.3. The second-order valence-electron chi connectivity index (χ2n) is 4.85. The first kappa shape index (κ1) is 15.9. The van der Waals surface area contributed by atoms with Crippen LogP contribution < -0.4 is 5.56 Å². The second-order valence-corrected chi connectivity index (χ2v) is 5.29. The zero-order chi connectivity index (χ0) is 16.9. The van der Waals surface area contributed by atoms with Gasteiger partial charge >= 0.3 is 5.97 Å². The van der Waals surface area contributed by atoms with Gasteiger partial charge < -0.3 is 13.8 Å². The quantitative estimate of drug-likeness (QED) is 0.659. The molecule has 0 spiro atoms. The summed E-state index contributed by atoms with van der Waals surface area (Å²) in [7, 11) is 0. The molecule has 0 amide bonds. The number of esters is 1. The predicted octanol–water partition coefficient (Wildman–Crippen LogP) is 2.30. The van der Waals surface area contributed by atoms with Crippen LogP contribution in [0.4, 0.5) is 0 Å². The Morgan fingerprint density at radius 1 is 1.25 bits per heavy atom.